The van der Waals surface area contributed by atoms with Crippen molar-refractivity contribution >= 4 is 13.8 Å². The fourth-order valence-electron chi connectivity index (χ4n) is 1.42. The minimum Gasteiger partial charge on any atom is -0.478 e. The van der Waals surface area contributed by atoms with Gasteiger partial charge in [-0.05, 0) is 17.7 Å². The molecule has 0 unspecified atom stereocenters. The lowest BCUT2D eigenvalue weighted by molar-refractivity contribution is 0.0690. The molecule has 0 heterocycles. The van der Waals surface area contributed by atoms with Gasteiger partial charge in [-0.25, -0.2) is 13.8 Å². The molecule has 0 bridgehead atoms. The number of carbonyl (C=O) groups is 1. The maximum Gasteiger partial charge on any atom is 0.475 e. The number of benzene rings is 1. The van der Waals surface area contributed by atoms with Crippen LogP contribution in [0.2, 0.25) is 0 Å². The van der Waals surface area contributed by atoms with Crippen molar-refractivity contribution in [3.8, 4) is 0 Å². The van der Waals surface area contributed by atoms with Gasteiger partial charge in [-0.15, -0.1) is 13.2 Å². The Labute approximate surface area is 127 Å². The van der Waals surface area contributed by atoms with Gasteiger partial charge in [0.1, 0.15) is 5.82 Å². The molecule has 6 nitrogen and oxygen atoms in total. The van der Waals surface area contributed by atoms with Crippen molar-refractivity contribution in [1.29, 1.82) is 0 Å². The summed E-state index contributed by atoms with van der Waals surface area (Å²) in [6.07, 6.45) is 2.71. The van der Waals surface area contributed by atoms with E-state index >= 15 is 0 Å². The predicted octanol–water partition coefficient (Wildman–Crippen LogP) is 3.55. The number of aromatic carboxylic acids is 1. The van der Waals surface area contributed by atoms with Crippen LogP contribution in [-0.4, -0.2) is 24.3 Å². The van der Waals surface area contributed by atoms with E-state index in [4.69, 9.17) is 18.7 Å². The monoisotopic (exact) mass is 330 g/mol. The van der Waals surface area contributed by atoms with E-state index in [1.165, 1.54) is 18.2 Å². The van der Waals surface area contributed by atoms with Crippen molar-refractivity contribution < 1.29 is 32.4 Å². The molecule has 1 aromatic rings. The van der Waals surface area contributed by atoms with E-state index in [0.29, 0.717) is 0 Å². The normalized spacial score (nSPS) is 11.1. The Hall–Kier alpha value is -1.79. The molecular formula is C14H16FO6P. The number of phosphoric acid groups is 1. The van der Waals surface area contributed by atoms with Crippen LogP contribution in [0.25, 0.3) is 0 Å². The third kappa shape index (κ3) is 5.54. The second kappa shape index (κ2) is 8.60. The van der Waals surface area contributed by atoms with Gasteiger partial charge in [0.15, 0.2) is 0 Å². The highest BCUT2D eigenvalue weighted by Crippen LogP contribution is 2.50. The summed E-state index contributed by atoms with van der Waals surface area (Å²) in [6.45, 7) is 6.28. The molecule has 0 saturated heterocycles. The Balaban J connectivity index is 2.88. The average molecular weight is 330 g/mol. The topological polar surface area (TPSA) is 82.1 Å². The average Bonchev–Trinajstić information content (AvgIpc) is 2.50. The SMILES string of the molecule is C=CCOP(=O)(OCC=C)OCc1ccc(F)cc1C(=O)O. The summed E-state index contributed by atoms with van der Waals surface area (Å²) in [7, 11) is -3.91. The first kappa shape index (κ1) is 18.3. The molecule has 1 N–H and O–H groups in total. The minimum atomic E-state index is -3.91. The van der Waals surface area contributed by atoms with Crippen LogP contribution in [0, 0.1) is 5.82 Å². The van der Waals surface area contributed by atoms with E-state index in [1.807, 2.05) is 0 Å². The summed E-state index contributed by atoms with van der Waals surface area (Å²) >= 11 is 0. The summed E-state index contributed by atoms with van der Waals surface area (Å²) in [5.74, 6) is -2.03. The molecule has 0 atom stereocenters. The van der Waals surface area contributed by atoms with Crippen molar-refractivity contribution in [1.82, 2.24) is 0 Å². The van der Waals surface area contributed by atoms with Gasteiger partial charge < -0.3 is 5.11 Å². The molecule has 0 aromatic heterocycles. The van der Waals surface area contributed by atoms with Crippen molar-refractivity contribution in [3.63, 3.8) is 0 Å². The Morgan fingerprint density at radius 1 is 1.23 bits per heavy atom. The van der Waals surface area contributed by atoms with Gasteiger partial charge in [-0.1, -0.05) is 18.2 Å². The highest BCUT2D eigenvalue weighted by atomic mass is 31.2. The highest BCUT2D eigenvalue weighted by Gasteiger charge is 2.26. The van der Waals surface area contributed by atoms with Gasteiger partial charge in [0.25, 0.3) is 0 Å². The van der Waals surface area contributed by atoms with E-state index in [2.05, 4.69) is 13.2 Å². The minimum absolute atomic E-state index is 0.0797. The van der Waals surface area contributed by atoms with Crippen molar-refractivity contribution in [2.75, 3.05) is 13.2 Å². The molecule has 0 aliphatic rings. The van der Waals surface area contributed by atoms with Gasteiger partial charge in [0.05, 0.1) is 25.4 Å². The second-order valence-corrected chi connectivity index (χ2v) is 5.67. The van der Waals surface area contributed by atoms with Crippen LogP contribution in [0.3, 0.4) is 0 Å². The van der Waals surface area contributed by atoms with Crippen LogP contribution >= 0.6 is 7.82 Å². The molecule has 0 spiro atoms. The molecule has 0 aliphatic carbocycles. The Morgan fingerprint density at radius 3 is 2.32 bits per heavy atom. The third-order valence-electron chi connectivity index (χ3n) is 2.38. The fourth-order valence-corrected chi connectivity index (χ4v) is 2.52. The van der Waals surface area contributed by atoms with Crippen LogP contribution in [0.5, 0.6) is 0 Å². The number of halogens is 1. The molecule has 120 valence electrons. The van der Waals surface area contributed by atoms with Gasteiger partial charge in [0, 0.05) is 0 Å². The second-order valence-electron chi connectivity index (χ2n) is 4.00. The first-order chi connectivity index (χ1) is 10.4. The van der Waals surface area contributed by atoms with Gasteiger partial charge in [-0.3, -0.25) is 13.6 Å². The van der Waals surface area contributed by atoms with Gasteiger partial charge in [-0.2, -0.15) is 0 Å². The first-order valence-corrected chi connectivity index (χ1v) is 7.65. The largest absolute Gasteiger partial charge is 0.478 e. The molecule has 0 saturated carbocycles. The lowest BCUT2D eigenvalue weighted by Gasteiger charge is -2.17. The zero-order valence-electron chi connectivity index (χ0n) is 11.7. The number of phosphoric ester groups is 1. The van der Waals surface area contributed by atoms with E-state index < -0.39 is 19.6 Å². The van der Waals surface area contributed by atoms with Gasteiger partial charge >= 0.3 is 13.8 Å². The highest BCUT2D eigenvalue weighted by molar-refractivity contribution is 7.48. The van der Waals surface area contributed by atoms with E-state index in [-0.39, 0.29) is 30.9 Å². The zero-order chi connectivity index (χ0) is 16.6. The first-order valence-electron chi connectivity index (χ1n) is 6.19. The van der Waals surface area contributed by atoms with Crippen LogP contribution in [0.1, 0.15) is 15.9 Å². The Kier molecular flexibility index (Phi) is 7.14. The van der Waals surface area contributed by atoms with E-state index in [9.17, 15) is 13.8 Å². The molecule has 0 radical (unpaired) electrons. The van der Waals surface area contributed by atoms with Gasteiger partial charge in [0.2, 0.25) is 0 Å². The Morgan fingerprint density at radius 2 is 1.82 bits per heavy atom. The lowest BCUT2D eigenvalue weighted by Crippen LogP contribution is -2.06. The number of carboxylic acid groups (broad SMARTS) is 1. The number of hydrogen-bond acceptors (Lipinski definition) is 5. The number of carboxylic acids is 1. The standard InChI is InChI=1S/C14H16FO6P/c1-3-7-19-22(18,20-8-4-2)21-10-11-5-6-12(15)9-13(11)14(16)17/h3-6,9H,1-2,7-8,10H2,(H,16,17). The van der Waals surface area contributed by atoms with Crippen LogP contribution in [0.15, 0.2) is 43.5 Å². The molecule has 0 amide bonds. The van der Waals surface area contributed by atoms with Crippen molar-refractivity contribution in [3.05, 3.63) is 60.5 Å². The molecule has 1 aromatic carbocycles. The fraction of sp³-hybridized carbons (Fsp3) is 0.214. The smallest absolute Gasteiger partial charge is 0.475 e. The summed E-state index contributed by atoms with van der Waals surface area (Å²) < 4.78 is 40.3. The summed E-state index contributed by atoms with van der Waals surface area (Å²) in [5, 5.41) is 9.02. The molecule has 22 heavy (non-hydrogen) atoms. The maximum absolute atomic E-state index is 13.1. The van der Waals surface area contributed by atoms with Crippen LogP contribution in [0.4, 0.5) is 4.39 Å². The summed E-state index contributed by atoms with van der Waals surface area (Å²) in [6, 6.07) is 3.15. The summed E-state index contributed by atoms with van der Waals surface area (Å²) in [5.41, 5.74) is -0.155. The Bertz CT molecular complexity index is 585. The molecular weight excluding hydrogens is 314 g/mol. The molecule has 0 fully saturated rings. The van der Waals surface area contributed by atoms with E-state index in [1.54, 1.807) is 0 Å². The zero-order valence-corrected chi connectivity index (χ0v) is 12.6. The molecule has 8 heteroatoms. The van der Waals surface area contributed by atoms with Crippen molar-refractivity contribution in [2.24, 2.45) is 0 Å². The quantitative estimate of drug-likeness (QED) is 0.522. The predicted molar refractivity (Wildman–Crippen MR) is 78.1 cm³/mol. The molecule has 1 rings (SSSR count). The van der Waals surface area contributed by atoms with E-state index in [0.717, 1.165) is 12.1 Å². The number of rotatable bonds is 10. The number of hydrogen-bond donors (Lipinski definition) is 1. The van der Waals surface area contributed by atoms with Crippen LogP contribution in [-0.2, 0) is 24.7 Å². The molecule has 0 aliphatic heterocycles. The summed E-state index contributed by atoms with van der Waals surface area (Å²) in [4.78, 5) is 11.1. The van der Waals surface area contributed by atoms with Crippen LogP contribution < -0.4 is 0 Å². The maximum atomic E-state index is 13.1. The third-order valence-corrected chi connectivity index (χ3v) is 3.76. The van der Waals surface area contributed by atoms with Crippen molar-refractivity contribution in [2.45, 2.75) is 6.61 Å². The lowest BCUT2D eigenvalue weighted by atomic mass is 10.1.